The molecule has 0 amide bonds. The van der Waals surface area contributed by atoms with E-state index in [1.165, 1.54) is 33.8 Å². The molecule has 6 aromatic rings. The normalized spacial score (nSPS) is 10.7. The molecule has 0 saturated heterocycles. The largest absolute Gasteiger partial charge is 0.477 e. The molecule has 6 nitrogen and oxygen atoms in total. The molecule has 0 aliphatic rings. The van der Waals surface area contributed by atoms with Gasteiger partial charge in [0.25, 0.3) is 0 Å². The van der Waals surface area contributed by atoms with Crippen LogP contribution in [0.15, 0.2) is 109 Å². The van der Waals surface area contributed by atoms with Crippen molar-refractivity contribution in [2.75, 3.05) is 17.2 Å². The minimum absolute atomic E-state index is 0.266. The van der Waals surface area contributed by atoms with E-state index in [0.717, 1.165) is 38.9 Å². The Kier molecular flexibility index (Phi) is 9.16. The van der Waals surface area contributed by atoms with Crippen LogP contribution in [0.25, 0.3) is 20.2 Å². The van der Waals surface area contributed by atoms with Gasteiger partial charge in [-0.05, 0) is 77.4 Å². The Morgan fingerprint density at radius 1 is 0.738 bits per heavy atom. The van der Waals surface area contributed by atoms with Crippen LogP contribution < -0.4 is 10.6 Å². The number of ether oxygens (including phenoxy) is 1. The van der Waals surface area contributed by atoms with Gasteiger partial charge in [-0.3, -0.25) is 0 Å². The predicted molar refractivity (Wildman–Crippen MR) is 174 cm³/mol. The van der Waals surface area contributed by atoms with Crippen molar-refractivity contribution < 1.29 is 19.4 Å². The van der Waals surface area contributed by atoms with Gasteiger partial charge in [0.05, 0.1) is 6.61 Å². The molecule has 0 spiro atoms. The zero-order valence-electron chi connectivity index (χ0n) is 23.0. The lowest BCUT2D eigenvalue weighted by Gasteiger charge is -2.25. The summed E-state index contributed by atoms with van der Waals surface area (Å²) in [6, 6.07) is 36.1. The zero-order valence-corrected chi connectivity index (χ0v) is 24.7. The second kappa shape index (κ2) is 13.3. The van der Waals surface area contributed by atoms with E-state index in [-0.39, 0.29) is 5.97 Å². The molecule has 0 unspecified atom stereocenters. The second-order valence-electron chi connectivity index (χ2n) is 9.59. The van der Waals surface area contributed by atoms with Crippen LogP contribution in [0.3, 0.4) is 0 Å². The lowest BCUT2D eigenvalue weighted by molar-refractivity contribution is 0.0531. The highest BCUT2D eigenvalue weighted by Crippen LogP contribution is 2.31. The summed E-state index contributed by atoms with van der Waals surface area (Å²) in [5.74, 6) is -1.14. The molecule has 0 atom stereocenters. The van der Waals surface area contributed by atoms with Crippen LogP contribution in [-0.4, -0.2) is 23.7 Å². The second-order valence-corrected chi connectivity index (χ2v) is 11.8. The average Bonchev–Trinajstić information content (AvgIpc) is 3.62. The van der Waals surface area contributed by atoms with Crippen molar-refractivity contribution in [2.45, 2.75) is 20.0 Å². The lowest BCUT2D eigenvalue weighted by atomic mass is 10.1. The maximum atomic E-state index is 11.5. The van der Waals surface area contributed by atoms with Crippen LogP contribution in [-0.2, 0) is 17.8 Å². The first-order valence-corrected chi connectivity index (χ1v) is 15.1. The molecular weight excluding hydrogens is 565 g/mol. The van der Waals surface area contributed by atoms with Gasteiger partial charge in [-0.25, -0.2) is 9.59 Å². The summed E-state index contributed by atoms with van der Waals surface area (Å²) in [5.41, 5.74) is 9.93. The zero-order chi connectivity index (χ0) is 29.5. The minimum Gasteiger partial charge on any atom is -0.477 e. The maximum Gasteiger partial charge on any atom is 0.348 e. The number of thiophene rings is 2. The van der Waals surface area contributed by atoms with Gasteiger partial charge in [-0.15, -0.1) is 22.7 Å². The third kappa shape index (κ3) is 7.15. The fourth-order valence-electron chi connectivity index (χ4n) is 4.54. The number of carbonyl (C=O) groups is 2. The number of fused-ring (bicyclic) bond motifs is 2. The van der Waals surface area contributed by atoms with Crippen LogP contribution in [0.5, 0.6) is 0 Å². The number of benzene rings is 4. The van der Waals surface area contributed by atoms with E-state index in [4.69, 9.17) is 10.5 Å². The third-order valence-electron chi connectivity index (χ3n) is 6.53. The molecule has 42 heavy (non-hydrogen) atoms. The number of hydrogen-bond acceptors (Lipinski definition) is 7. The highest BCUT2D eigenvalue weighted by Gasteiger charge is 2.13. The molecular formula is C34H30N2O4S2. The number of hydrogen-bond donors (Lipinski definition) is 2. The molecule has 6 rings (SSSR count). The van der Waals surface area contributed by atoms with Crippen LogP contribution in [0.2, 0.25) is 0 Å². The van der Waals surface area contributed by atoms with Crippen LogP contribution in [0.4, 0.5) is 11.4 Å². The number of anilines is 2. The number of esters is 1. The first kappa shape index (κ1) is 28.9. The van der Waals surface area contributed by atoms with Gasteiger partial charge in [0.1, 0.15) is 9.75 Å². The fourth-order valence-corrected chi connectivity index (χ4v) is 6.36. The van der Waals surface area contributed by atoms with E-state index in [1.54, 1.807) is 13.0 Å². The number of carboxylic acids is 1. The molecule has 0 aliphatic heterocycles. The number of carbonyl (C=O) groups excluding carboxylic acids is 1. The van der Waals surface area contributed by atoms with Crippen molar-refractivity contribution in [3.05, 3.63) is 130 Å². The number of nitrogens with zero attached hydrogens (tertiary/aromatic N) is 1. The molecule has 0 saturated carbocycles. The summed E-state index contributed by atoms with van der Waals surface area (Å²) in [6.07, 6.45) is 0. The Labute approximate surface area is 252 Å². The Hall–Kier alpha value is -4.66. The molecule has 212 valence electrons. The quantitative estimate of drug-likeness (QED) is 0.136. The standard InChI is InChI=1S/C23H19NO2S.C11H11NO2S/c25-23(26)22-14-19-13-20(11-12-21(19)27-22)24(15-17-7-3-1-4-8-17)16-18-9-5-2-6-10-18;1-2-14-11(13)10-6-7-5-8(12)3-4-9(7)15-10/h1-14H,15-16H2,(H,25,26);3-6H,2,12H2,1H3. The number of nitrogen functional groups attached to an aromatic ring is 1. The van der Waals surface area contributed by atoms with E-state index in [0.29, 0.717) is 22.0 Å². The van der Waals surface area contributed by atoms with Crippen molar-refractivity contribution in [2.24, 2.45) is 0 Å². The SMILES string of the molecule is CCOC(=O)c1cc2cc(N)ccc2s1.O=C(O)c1cc2cc(N(Cc3ccccc3)Cc3ccccc3)ccc2s1. The first-order valence-electron chi connectivity index (χ1n) is 13.5. The molecule has 0 bridgehead atoms. The molecule has 3 N–H and O–H groups in total. The predicted octanol–water partition coefficient (Wildman–Crippen LogP) is 8.47. The minimum atomic E-state index is -0.872. The highest BCUT2D eigenvalue weighted by molar-refractivity contribution is 7.21. The number of aromatic carboxylic acids is 1. The molecule has 8 heteroatoms. The van der Waals surface area contributed by atoms with E-state index in [1.807, 2.05) is 42.5 Å². The average molecular weight is 595 g/mol. The molecule has 4 aromatic carbocycles. The number of nitrogens with two attached hydrogens (primary N) is 1. The molecule has 2 aromatic heterocycles. The van der Waals surface area contributed by atoms with Gasteiger partial charge < -0.3 is 20.5 Å². The lowest BCUT2D eigenvalue weighted by Crippen LogP contribution is -2.22. The van der Waals surface area contributed by atoms with Gasteiger partial charge >= 0.3 is 11.9 Å². The summed E-state index contributed by atoms with van der Waals surface area (Å²) < 4.78 is 6.97. The van der Waals surface area contributed by atoms with Crippen LogP contribution in [0.1, 0.15) is 37.4 Å². The fraction of sp³-hybridized carbons (Fsp3) is 0.118. The first-order chi connectivity index (χ1) is 20.4. The van der Waals surface area contributed by atoms with E-state index < -0.39 is 5.97 Å². The smallest absolute Gasteiger partial charge is 0.348 e. The maximum absolute atomic E-state index is 11.5. The van der Waals surface area contributed by atoms with Crippen molar-refractivity contribution in [3.8, 4) is 0 Å². The Balaban J connectivity index is 0.000000199. The number of rotatable bonds is 8. The molecule has 0 radical (unpaired) electrons. The van der Waals surface area contributed by atoms with Crippen molar-refractivity contribution >= 4 is 66.2 Å². The van der Waals surface area contributed by atoms with E-state index in [2.05, 4.69) is 65.6 Å². The molecule has 0 aliphatic carbocycles. The van der Waals surface area contributed by atoms with Gasteiger partial charge in [0.15, 0.2) is 0 Å². The van der Waals surface area contributed by atoms with Gasteiger partial charge in [-0.1, -0.05) is 60.7 Å². The summed E-state index contributed by atoms with van der Waals surface area (Å²) in [7, 11) is 0. The Morgan fingerprint density at radius 3 is 1.88 bits per heavy atom. The summed E-state index contributed by atoms with van der Waals surface area (Å²) >= 11 is 2.74. The van der Waals surface area contributed by atoms with Crippen molar-refractivity contribution in [3.63, 3.8) is 0 Å². The highest BCUT2D eigenvalue weighted by atomic mass is 32.1. The Morgan fingerprint density at radius 2 is 1.29 bits per heavy atom. The van der Waals surface area contributed by atoms with Gasteiger partial charge in [-0.2, -0.15) is 0 Å². The van der Waals surface area contributed by atoms with E-state index >= 15 is 0 Å². The third-order valence-corrected chi connectivity index (χ3v) is 8.73. The molecule has 0 fully saturated rings. The van der Waals surface area contributed by atoms with E-state index in [9.17, 15) is 14.7 Å². The molecule has 2 heterocycles. The van der Waals surface area contributed by atoms with Gasteiger partial charge in [0, 0.05) is 33.9 Å². The topological polar surface area (TPSA) is 92.9 Å². The van der Waals surface area contributed by atoms with Crippen LogP contribution in [0, 0.1) is 0 Å². The number of carboxylic acid groups (broad SMARTS) is 1. The van der Waals surface area contributed by atoms with Crippen LogP contribution >= 0.6 is 22.7 Å². The van der Waals surface area contributed by atoms with Crippen molar-refractivity contribution in [1.29, 1.82) is 0 Å². The van der Waals surface area contributed by atoms with Crippen molar-refractivity contribution in [1.82, 2.24) is 0 Å². The summed E-state index contributed by atoms with van der Waals surface area (Å²) in [5, 5.41) is 11.2. The Bertz CT molecular complexity index is 1770. The summed E-state index contributed by atoms with van der Waals surface area (Å²) in [4.78, 5) is 26.0. The summed E-state index contributed by atoms with van der Waals surface area (Å²) in [6.45, 7) is 3.77. The van der Waals surface area contributed by atoms with Gasteiger partial charge in [0.2, 0.25) is 0 Å². The monoisotopic (exact) mass is 594 g/mol.